The molecule has 0 fully saturated rings. The Balaban J connectivity index is 4.28. The second-order valence-corrected chi connectivity index (χ2v) is 1.83. The highest BCUT2D eigenvalue weighted by atomic mass is 19.3. The van der Waals surface area contributed by atoms with Gasteiger partial charge in [0.05, 0.1) is 7.11 Å². The Morgan fingerprint density at radius 2 is 2.08 bits per heavy atom. The van der Waals surface area contributed by atoms with Gasteiger partial charge in [0.1, 0.15) is 0 Å². The van der Waals surface area contributed by atoms with Crippen LogP contribution in [0, 0.1) is 0 Å². The number of hydrogen-bond donors (Lipinski definition) is 0. The van der Waals surface area contributed by atoms with Crippen LogP contribution < -0.4 is 0 Å². The van der Waals surface area contributed by atoms with Crippen LogP contribution in [0.5, 0.6) is 0 Å². The maximum absolute atomic E-state index is 12.4. The zero-order chi connectivity index (χ0) is 9.72. The molecule has 0 atom stereocenters. The Labute approximate surface area is 67.4 Å². The van der Waals surface area contributed by atoms with Crippen LogP contribution in [0.15, 0.2) is 11.9 Å². The minimum atomic E-state index is -2.99. The summed E-state index contributed by atoms with van der Waals surface area (Å²) in [6.45, 7) is 0. The second-order valence-electron chi connectivity index (χ2n) is 1.83. The fraction of sp³-hybridized carbons (Fsp3) is 0.500. The summed E-state index contributed by atoms with van der Waals surface area (Å²) >= 11 is 0. The fourth-order valence-corrected chi connectivity index (χ4v) is 0.415. The van der Waals surface area contributed by atoms with Gasteiger partial charge >= 0.3 is 5.91 Å². The highest BCUT2D eigenvalue weighted by Gasteiger charge is 2.15. The molecule has 0 heterocycles. The van der Waals surface area contributed by atoms with Crippen LogP contribution in [0.25, 0.3) is 0 Å². The first-order valence-corrected chi connectivity index (χ1v) is 2.96. The van der Waals surface area contributed by atoms with E-state index in [1.165, 1.54) is 0 Å². The van der Waals surface area contributed by atoms with Crippen molar-refractivity contribution in [3.63, 3.8) is 0 Å². The van der Waals surface area contributed by atoms with E-state index in [2.05, 4.69) is 4.84 Å². The van der Waals surface area contributed by atoms with Crippen LogP contribution in [0.4, 0.5) is 13.2 Å². The van der Waals surface area contributed by atoms with Gasteiger partial charge in [-0.1, -0.05) is 0 Å². The molecule has 0 aliphatic heterocycles. The Morgan fingerprint density at radius 1 is 1.58 bits per heavy atom. The smallest absolute Gasteiger partial charge is 0.274 e. The first-order valence-electron chi connectivity index (χ1n) is 2.96. The molecule has 0 unspecified atom stereocenters. The van der Waals surface area contributed by atoms with E-state index in [1.54, 1.807) is 0 Å². The number of likely N-dealkylation sites (N-methyl/N-ethyl adjacent to an activating group) is 1. The Kier molecular flexibility index (Phi) is 4.35. The predicted octanol–water partition coefficient (Wildman–Crippen LogP) is 1.12. The van der Waals surface area contributed by atoms with Crippen molar-refractivity contribution in [1.82, 2.24) is 5.06 Å². The van der Waals surface area contributed by atoms with Gasteiger partial charge < -0.3 is 0 Å². The fourth-order valence-electron chi connectivity index (χ4n) is 0.415. The average Bonchev–Trinajstić information content (AvgIpc) is 2.00. The minimum Gasteiger partial charge on any atom is -0.274 e. The molecular formula is C6H8F3NO2. The summed E-state index contributed by atoms with van der Waals surface area (Å²) in [6, 6.07) is 0. The van der Waals surface area contributed by atoms with Crippen molar-refractivity contribution in [2.45, 2.75) is 6.43 Å². The van der Waals surface area contributed by atoms with Crippen LogP contribution in [-0.4, -0.2) is 31.6 Å². The Morgan fingerprint density at radius 3 is 2.42 bits per heavy atom. The van der Waals surface area contributed by atoms with Crippen molar-refractivity contribution in [1.29, 1.82) is 0 Å². The number of carbonyl (C=O) groups excluding carboxylic acids is 1. The van der Waals surface area contributed by atoms with Crippen molar-refractivity contribution in [3.8, 4) is 0 Å². The summed E-state index contributed by atoms with van der Waals surface area (Å²) in [5, 5.41) is 0.508. The van der Waals surface area contributed by atoms with Crippen molar-refractivity contribution in [2.75, 3.05) is 14.2 Å². The quantitative estimate of drug-likeness (QED) is 0.484. The maximum atomic E-state index is 12.4. The summed E-state index contributed by atoms with van der Waals surface area (Å²) in [5.74, 6) is -2.77. The van der Waals surface area contributed by atoms with Gasteiger partial charge in [0.2, 0.25) is 0 Å². The van der Waals surface area contributed by atoms with Crippen LogP contribution in [-0.2, 0) is 9.63 Å². The third kappa shape index (κ3) is 3.38. The lowest BCUT2D eigenvalue weighted by Crippen LogP contribution is -2.25. The summed E-state index contributed by atoms with van der Waals surface area (Å²) in [4.78, 5) is 14.9. The van der Waals surface area contributed by atoms with Gasteiger partial charge in [-0.15, -0.1) is 0 Å². The van der Waals surface area contributed by atoms with E-state index in [9.17, 15) is 18.0 Å². The molecule has 12 heavy (non-hydrogen) atoms. The predicted molar refractivity (Wildman–Crippen MR) is 35.0 cm³/mol. The van der Waals surface area contributed by atoms with Gasteiger partial charge in [-0.25, -0.2) is 18.2 Å². The summed E-state index contributed by atoms with van der Waals surface area (Å²) < 4.78 is 35.4. The molecule has 0 aromatic carbocycles. The largest absolute Gasteiger partial charge is 0.305 e. The van der Waals surface area contributed by atoms with Crippen LogP contribution in [0.3, 0.4) is 0 Å². The van der Waals surface area contributed by atoms with E-state index in [4.69, 9.17) is 0 Å². The molecule has 0 aromatic rings. The number of allylic oxidation sites excluding steroid dienone is 1. The van der Waals surface area contributed by atoms with E-state index >= 15 is 0 Å². The molecule has 0 rings (SSSR count). The molecule has 6 heteroatoms. The third-order valence-electron chi connectivity index (χ3n) is 1.04. The highest BCUT2D eigenvalue weighted by Crippen LogP contribution is 2.06. The van der Waals surface area contributed by atoms with Crippen molar-refractivity contribution < 1.29 is 22.8 Å². The number of hydrogen-bond acceptors (Lipinski definition) is 2. The van der Waals surface area contributed by atoms with Crippen molar-refractivity contribution in [3.05, 3.63) is 11.9 Å². The van der Waals surface area contributed by atoms with Gasteiger partial charge in [0, 0.05) is 13.1 Å². The molecule has 0 radical (unpaired) electrons. The third-order valence-corrected chi connectivity index (χ3v) is 1.04. The number of nitrogens with zero attached hydrogens (tertiary/aromatic N) is 1. The van der Waals surface area contributed by atoms with Crippen molar-refractivity contribution in [2.24, 2.45) is 0 Å². The molecule has 0 aliphatic rings. The van der Waals surface area contributed by atoms with E-state index in [-0.39, 0.29) is 6.08 Å². The molecule has 0 N–H and O–H groups in total. The van der Waals surface area contributed by atoms with Crippen LogP contribution in [0.1, 0.15) is 0 Å². The lowest BCUT2D eigenvalue weighted by atomic mass is 10.4. The van der Waals surface area contributed by atoms with E-state index in [0.717, 1.165) is 14.2 Å². The minimum absolute atomic E-state index is 0.0855. The molecule has 0 saturated carbocycles. The van der Waals surface area contributed by atoms with Crippen LogP contribution in [0.2, 0.25) is 0 Å². The molecule has 0 spiro atoms. The number of hydroxylamine groups is 2. The summed E-state index contributed by atoms with van der Waals surface area (Å²) in [6.07, 6.45) is -3.07. The first-order chi connectivity index (χ1) is 5.49. The van der Waals surface area contributed by atoms with Gasteiger partial charge in [-0.3, -0.25) is 9.63 Å². The standard InChI is InChI=1S/C6H8F3NO2/c1-10(12-2)6(11)4(7)3-5(8)9/h3,5H,1-2H3/b4-3-. The number of carbonyl (C=O) groups is 1. The number of halogens is 3. The molecule has 0 saturated heterocycles. The van der Waals surface area contributed by atoms with Gasteiger partial charge in [-0.2, -0.15) is 0 Å². The second kappa shape index (κ2) is 4.76. The van der Waals surface area contributed by atoms with E-state index in [1.807, 2.05) is 0 Å². The topological polar surface area (TPSA) is 29.5 Å². The lowest BCUT2D eigenvalue weighted by molar-refractivity contribution is -0.165. The molecule has 0 aliphatic carbocycles. The number of alkyl halides is 2. The molecule has 70 valence electrons. The molecule has 0 bridgehead atoms. The summed E-state index contributed by atoms with van der Waals surface area (Å²) in [7, 11) is 2.23. The number of rotatable bonds is 3. The zero-order valence-electron chi connectivity index (χ0n) is 6.55. The van der Waals surface area contributed by atoms with Gasteiger partial charge in [0.15, 0.2) is 5.83 Å². The molecular weight excluding hydrogens is 175 g/mol. The van der Waals surface area contributed by atoms with Crippen LogP contribution >= 0.6 is 0 Å². The summed E-state index contributed by atoms with van der Waals surface area (Å²) in [5.41, 5.74) is 0. The number of amides is 1. The maximum Gasteiger partial charge on any atom is 0.305 e. The average molecular weight is 183 g/mol. The molecule has 0 aromatic heterocycles. The lowest BCUT2D eigenvalue weighted by Gasteiger charge is -2.11. The van der Waals surface area contributed by atoms with Gasteiger partial charge in [0.25, 0.3) is 6.43 Å². The SMILES string of the molecule is CON(C)C(=O)/C(F)=C/C(F)F. The monoisotopic (exact) mass is 183 g/mol. The molecule has 3 nitrogen and oxygen atoms in total. The van der Waals surface area contributed by atoms with Gasteiger partial charge in [-0.05, 0) is 0 Å². The van der Waals surface area contributed by atoms with E-state index < -0.39 is 18.2 Å². The highest BCUT2D eigenvalue weighted by molar-refractivity contribution is 5.90. The van der Waals surface area contributed by atoms with Crippen molar-refractivity contribution >= 4 is 5.91 Å². The Hall–Kier alpha value is -1.04. The zero-order valence-corrected chi connectivity index (χ0v) is 6.55. The van der Waals surface area contributed by atoms with E-state index in [0.29, 0.717) is 5.06 Å². The first kappa shape index (κ1) is 11.0. The Bertz CT molecular complexity index is 193. The normalized spacial score (nSPS) is 12.0. The molecule has 1 amide bonds.